The quantitative estimate of drug-likeness (QED) is 0.658. The fourth-order valence-corrected chi connectivity index (χ4v) is 5.08. The highest BCUT2D eigenvalue weighted by Crippen LogP contribution is 2.32. The van der Waals surface area contributed by atoms with Crippen LogP contribution in [0.5, 0.6) is 0 Å². The van der Waals surface area contributed by atoms with E-state index < -0.39 is 0 Å². The molecule has 1 aromatic heterocycles. The lowest BCUT2D eigenvalue weighted by atomic mass is 10.1. The number of benzene rings is 1. The molecule has 3 heterocycles. The van der Waals surface area contributed by atoms with Gasteiger partial charge in [-0.25, -0.2) is 0 Å². The van der Waals surface area contributed by atoms with Crippen molar-refractivity contribution in [3.63, 3.8) is 0 Å². The number of hydrogen-bond acceptors (Lipinski definition) is 4. The van der Waals surface area contributed by atoms with Gasteiger partial charge in [0, 0.05) is 23.5 Å². The summed E-state index contributed by atoms with van der Waals surface area (Å²) in [6.07, 6.45) is 2.58. The first kappa shape index (κ1) is 21.3. The molecule has 0 atom stereocenters. The molecule has 160 valence electrons. The fourth-order valence-electron chi connectivity index (χ4n) is 3.98. The number of nitrogens with zero attached hydrogens (tertiary/aromatic N) is 4. The number of aromatic nitrogens is 1. The van der Waals surface area contributed by atoms with Gasteiger partial charge in [-0.1, -0.05) is 31.5 Å². The molecule has 0 fully saturated rings. The molecule has 0 spiro atoms. The summed E-state index contributed by atoms with van der Waals surface area (Å²) in [5, 5.41) is 16.0. The molecular formula is C24H27N5OS. The van der Waals surface area contributed by atoms with Gasteiger partial charge in [-0.15, -0.1) is 0 Å². The highest BCUT2D eigenvalue weighted by Gasteiger charge is 2.35. The third-order valence-corrected chi connectivity index (χ3v) is 6.37. The summed E-state index contributed by atoms with van der Waals surface area (Å²) in [7, 11) is 0. The Labute approximate surface area is 187 Å². The van der Waals surface area contributed by atoms with Gasteiger partial charge in [0.1, 0.15) is 5.04 Å². The number of nitrogens with one attached hydrogen (secondary N) is 1. The molecule has 1 N–H and O–H groups in total. The predicted molar refractivity (Wildman–Crippen MR) is 129 cm³/mol. The number of rotatable bonds is 4. The Morgan fingerprint density at radius 2 is 1.90 bits per heavy atom. The molecule has 2 aliphatic heterocycles. The maximum absolute atomic E-state index is 12.8. The minimum Gasteiger partial charge on any atom is -0.318 e. The maximum Gasteiger partial charge on any atom is 0.283 e. The van der Waals surface area contributed by atoms with Crippen molar-refractivity contribution in [1.29, 1.82) is 5.41 Å². The molecule has 6 nitrogen and oxygen atoms in total. The number of fused-ring (bicyclic) bond motifs is 1. The minimum atomic E-state index is -0.388. The Kier molecular flexibility index (Phi) is 5.47. The Bertz CT molecular complexity index is 1200. The number of hydrogen-bond donors (Lipinski definition) is 1. The average Bonchev–Trinajstić information content (AvgIpc) is 3.19. The van der Waals surface area contributed by atoms with Gasteiger partial charge in [0.25, 0.3) is 5.91 Å². The first-order valence-corrected chi connectivity index (χ1v) is 11.2. The topological polar surface area (TPSA) is 73.8 Å². The van der Waals surface area contributed by atoms with Gasteiger partial charge in [0.05, 0.1) is 5.57 Å². The number of carbonyl (C=O) groups is 1. The number of thioether (sulfide) groups is 1. The van der Waals surface area contributed by atoms with Crippen LogP contribution in [0.15, 0.2) is 39.9 Å². The fraction of sp³-hybridized carbons (Fsp3) is 0.333. The number of hydrazone groups is 1. The van der Waals surface area contributed by atoms with Crippen LogP contribution >= 0.6 is 11.8 Å². The van der Waals surface area contributed by atoms with Crippen LogP contribution in [0.25, 0.3) is 11.8 Å². The summed E-state index contributed by atoms with van der Waals surface area (Å²) >= 11 is 1.38. The van der Waals surface area contributed by atoms with E-state index in [9.17, 15) is 4.79 Å². The van der Waals surface area contributed by atoms with Gasteiger partial charge in [0.15, 0.2) is 5.84 Å². The van der Waals surface area contributed by atoms with Crippen LogP contribution in [-0.4, -0.2) is 31.5 Å². The molecule has 4 rings (SSSR count). The summed E-state index contributed by atoms with van der Waals surface area (Å²) < 4.78 is 2.19. The van der Waals surface area contributed by atoms with E-state index in [-0.39, 0.29) is 17.3 Å². The molecule has 7 heteroatoms. The molecule has 1 aromatic carbocycles. The van der Waals surface area contributed by atoms with Crippen molar-refractivity contribution in [2.45, 2.75) is 48.0 Å². The normalized spacial score (nSPS) is 17.5. The second-order valence-electron chi connectivity index (χ2n) is 8.56. The Balaban J connectivity index is 1.72. The minimum absolute atomic E-state index is 0.0811. The van der Waals surface area contributed by atoms with E-state index in [2.05, 4.69) is 67.5 Å². The molecule has 2 aliphatic rings. The van der Waals surface area contributed by atoms with Gasteiger partial charge >= 0.3 is 0 Å². The third kappa shape index (κ3) is 3.90. The van der Waals surface area contributed by atoms with Gasteiger partial charge in [0.2, 0.25) is 5.17 Å². The van der Waals surface area contributed by atoms with Gasteiger partial charge < -0.3 is 4.57 Å². The van der Waals surface area contributed by atoms with Crippen LogP contribution in [0.2, 0.25) is 0 Å². The lowest BCUT2D eigenvalue weighted by Crippen LogP contribution is -2.35. The Hall–Kier alpha value is -2.93. The van der Waals surface area contributed by atoms with Crippen LogP contribution in [0, 0.1) is 39.0 Å². The third-order valence-electron chi connectivity index (χ3n) is 5.44. The molecular weight excluding hydrogens is 406 g/mol. The number of aliphatic imine (C=N–C) groups is 1. The lowest BCUT2D eigenvalue weighted by molar-refractivity contribution is -0.114. The summed E-state index contributed by atoms with van der Waals surface area (Å²) in [5.74, 6) is 0.141. The van der Waals surface area contributed by atoms with Crippen molar-refractivity contribution in [2.24, 2.45) is 16.0 Å². The second kappa shape index (κ2) is 7.96. The van der Waals surface area contributed by atoms with Crippen LogP contribution in [0.1, 0.15) is 48.3 Å². The monoisotopic (exact) mass is 433 g/mol. The van der Waals surface area contributed by atoms with Crippen molar-refractivity contribution < 1.29 is 4.79 Å². The molecule has 0 unspecified atom stereocenters. The molecule has 0 radical (unpaired) electrons. The number of carbonyl (C=O) groups excluding carboxylic acids is 1. The Morgan fingerprint density at radius 1 is 1.16 bits per heavy atom. The maximum atomic E-state index is 12.8. The van der Waals surface area contributed by atoms with Crippen molar-refractivity contribution in [2.75, 3.05) is 0 Å². The predicted octanol–water partition coefficient (Wildman–Crippen LogP) is 5.38. The van der Waals surface area contributed by atoms with Crippen molar-refractivity contribution >= 4 is 39.8 Å². The second-order valence-corrected chi connectivity index (χ2v) is 9.60. The number of amidine groups is 2. The Morgan fingerprint density at radius 3 is 2.58 bits per heavy atom. The van der Waals surface area contributed by atoms with Crippen molar-refractivity contribution in [3.05, 3.63) is 57.9 Å². The molecule has 0 bridgehead atoms. The van der Waals surface area contributed by atoms with E-state index in [0.717, 1.165) is 34.1 Å². The summed E-state index contributed by atoms with van der Waals surface area (Å²) in [6.45, 7) is 12.5. The first-order chi connectivity index (χ1) is 14.7. The van der Waals surface area contributed by atoms with E-state index in [0.29, 0.717) is 11.1 Å². The van der Waals surface area contributed by atoms with Crippen LogP contribution in [-0.2, 0) is 4.79 Å². The summed E-state index contributed by atoms with van der Waals surface area (Å²) in [5.41, 5.74) is 6.80. The van der Waals surface area contributed by atoms with E-state index in [4.69, 9.17) is 5.41 Å². The first-order valence-electron chi connectivity index (χ1n) is 10.4. The largest absolute Gasteiger partial charge is 0.318 e. The van der Waals surface area contributed by atoms with Crippen LogP contribution in [0.4, 0.5) is 0 Å². The lowest BCUT2D eigenvalue weighted by Gasteiger charge is -2.20. The molecule has 0 aliphatic carbocycles. The van der Waals surface area contributed by atoms with Gasteiger partial charge in [-0.3, -0.25) is 10.2 Å². The average molecular weight is 434 g/mol. The molecule has 2 aromatic rings. The van der Waals surface area contributed by atoms with E-state index >= 15 is 0 Å². The van der Waals surface area contributed by atoms with E-state index in [1.807, 2.05) is 13.0 Å². The zero-order valence-corrected chi connectivity index (χ0v) is 19.6. The summed E-state index contributed by atoms with van der Waals surface area (Å²) in [4.78, 5) is 17.0. The molecule has 1 amide bonds. The molecule has 0 saturated carbocycles. The standard InChI is InChI=1S/C24H27N5OS/c1-13(2)9-21-27-29-22(25)19(23(30)26-24(29)31-21)12-18-11-16(5)28(17(18)6)20-8-7-14(3)10-15(20)4/h7-8,10-13,25H,9H2,1-6H3. The number of aryl methyl sites for hydroxylation is 3. The molecule has 31 heavy (non-hydrogen) atoms. The summed E-state index contributed by atoms with van der Waals surface area (Å²) in [6, 6.07) is 8.44. The van der Waals surface area contributed by atoms with E-state index in [1.54, 1.807) is 6.08 Å². The van der Waals surface area contributed by atoms with Crippen LogP contribution < -0.4 is 0 Å². The van der Waals surface area contributed by atoms with E-state index in [1.165, 1.54) is 27.9 Å². The zero-order chi connectivity index (χ0) is 22.4. The smallest absolute Gasteiger partial charge is 0.283 e. The number of amides is 1. The molecule has 0 saturated heterocycles. The van der Waals surface area contributed by atoms with Crippen molar-refractivity contribution in [3.8, 4) is 5.69 Å². The zero-order valence-electron chi connectivity index (χ0n) is 18.8. The van der Waals surface area contributed by atoms with Gasteiger partial charge in [-0.05, 0) is 74.7 Å². The van der Waals surface area contributed by atoms with Crippen LogP contribution in [0.3, 0.4) is 0 Å². The highest BCUT2D eigenvalue weighted by molar-refractivity contribution is 8.26. The highest BCUT2D eigenvalue weighted by atomic mass is 32.2. The van der Waals surface area contributed by atoms with Crippen molar-refractivity contribution in [1.82, 2.24) is 9.58 Å². The van der Waals surface area contributed by atoms with Gasteiger partial charge in [-0.2, -0.15) is 15.1 Å². The SMILES string of the molecule is Cc1ccc(-n2c(C)cc(C=C3C(=N)N4N=C(CC(C)C)SC4=NC3=O)c2C)c(C)c1.